The van der Waals surface area contributed by atoms with Crippen molar-refractivity contribution in [2.75, 3.05) is 72.3 Å². The van der Waals surface area contributed by atoms with E-state index in [2.05, 4.69) is 28.0 Å². The number of methoxy groups -OCH3 is 1. The van der Waals surface area contributed by atoms with E-state index in [1.165, 1.54) is 16.1 Å². The number of hydrogen-bond donors (Lipinski definition) is 0. The maximum atomic E-state index is 12.4. The van der Waals surface area contributed by atoms with Crippen LogP contribution in [0.15, 0.2) is 48.5 Å². The number of benzene rings is 2. The van der Waals surface area contributed by atoms with Gasteiger partial charge >= 0.3 is 0 Å². The van der Waals surface area contributed by atoms with Crippen LogP contribution in [0, 0.1) is 11.3 Å². The van der Waals surface area contributed by atoms with E-state index in [1.807, 2.05) is 12.1 Å². The molecule has 2 unspecified atom stereocenters. The second-order valence-electron chi connectivity index (χ2n) is 10.00. The minimum atomic E-state index is -3.36. The molecule has 0 spiro atoms. The lowest BCUT2D eigenvalue weighted by atomic mass is 10.1. The van der Waals surface area contributed by atoms with Crippen LogP contribution in [0.5, 0.6) is 11.5 Å². The van der Waals surface area contributed by atoms with Crippen LogP contribution >= 0.6 is 0 Å². The van der Waals surface area contributed by atoms with E-state index in [0.717, 1.165) is 51.3 Å². The van der Waals surface area contributed by atoms with E-state index in [4.69, 9.17) is 19.5 Å². The molecule has 2 aliphatic heterocycles. The zero-order valence-electron chi connectivity index (χ0n) is 22.3. The van der Waals surface area contributed by atoms with Gasteiger partial charge in [0.1, 0.15) is 18.1 Å². The molecule has 0 saturated carbocycles. The third-order valence-electron chi connectivity index (χ3n) is 7.06. The summed E-state index contributed by atoms with van der Waals surface area (Å²) in [6.45, 7) is 6.09. The molecule has 10 heteroatoms. The first kappa shape index (κ1) is 28.3. The van der Waals surface area contributed by atoms with Crippen LogP contribution in [0.25, 0.3) is 0 Å². The van der Waals surface area contributed by atoms with Gasteiger partial charge in [-0.15, -0.1) is 0 Å². The predicted octanol–water partition coefficient (Wildman–Crippen LogP) is 2.23. The molecule has 2 fully saturated rings. The number of nitrogens with zero attached hydrogens (tertiary/aromatic N) is 4. The molecule has 0 amide bonds. The van der Waals surface area contributed by atoms with Gasteiger partial charge < -0.3 is 14.2 Å². The third kappa shape index (κ3) is 8.41. The Labute approximate surface area is 226 Å². The fourth-order valence-electron chi connectivity index (χ4n) is 5.11. The second kappa shape index (κ2) is 13.4. The van der Waals surface area contributed by atoms with Crippen molar-refractivity contribution in [3.05, 3.63) is 59.7 Å². The maximum Gasteiger partial charge on any atom is 0.211 e. The van der Waals surface area contributed by atoms with Gasteiger partial charge in [0, 0.05) is 45.8 Å². The van der Waals surface area contributed by atoms with E-state index >= 15 is 0 Å². The average Bonchev–Trinajstić information content (AvgIpc) is 2.90. The Morgan fingerprint density at radius 1 is 0.947 bits per heavy atom. The van der Waals surface area contributed by atoms with E-state index in [-0.39, 0.29) is 25.4 Å². The zero-order valence-corrected chi connectivity index (χ0v) is 23.1. The Morgan fingerprint density at radius 3 is 2.13 bits per heavy atom. The van der Waals surface area contributed by atoms with Crippen LogP contribution < -0.4 is 9.47 Å². The lowest BCUT2D eigenvalue weighted by Crippen LogP contribution is -2.60. The highest BCUT2D eigenvalue weighted by Gasteiger charge is 2.34. The largest absolute Gasteiger partial charge is 0.497 e. The van der Waals surface area contributed by atoms with Gasteiger partial charge in [0.15, 0.2) is 0 Å². The number of rotatable bonds is 13. The van der Waals surface area contributed by atoms with Crippen LogP contribution in [0.2, 0.25) is 0 Å². The van der Waals surface area contributed by atoms with Crippen molar-refractivity contribution in [2.45, 2.75) is 25.0 Å². The summed E-state index contributed by atoms with van der Waals surface area (Å²) in [5.74, 6) is 1.50. The van der Waals surface area contributed by atoms with Crippen LogP contribution in [-0.2, 0) is 21.2 Å². The quantitative estimate of drug-likeness (QED) is 0.380. The minimum absolute atomic E-state index is 0.148. The maximum absolute atomic E-state index is 12.4. The lowest BCUT2D eigenvalue weighted by molar-refractivity contribution is -0.138. The average molecular weight is 543 g/mol. The number of aryl methyl sites for hydroxylation is 1. The van der Waals surface area contributed by atoms with Gasteiger partial charge in [-0.3, -0.25) is 9.80 Å². The second-order valence-corrected chi connectivity index (χ2v) is 12.0. The molecule has 0 N–H and O–H groups in total. The number of sulfonamides is 1. The topological polar surface area (TPSA) is 95.3 Å². The van der Waals surface area contributed by atoms with E-state index in [1.54, 1.807) is 31.4 Å². The number of hydrogen-bond acceptors (Lipinski definition) is 8. The lowest BCUT2D eigenvalue weighted by Gasteiger charge is -2.46. The molecule has 206 valence electrons. The predicted molar refractivity (Wildman–Crippen MR) is 146 cm³/mol. The number of nitriles is 1. The highest BCUT2D eigenvalue weighted by molar-refractivity contribution is 7.88. The van der Waals surface area contributed by atoms with Crippen molar-refractivity contribution in [2.24, 2.45) is 0 Å². The van der Waals surface area contributed by atoms with Gasteiger partial charge in [-0.1, -0.05) is 12.1 Å². The third-order valence-corrected chi connectivity index (χ3v) is 8.36. The number of fused-ring (bicyclic) bond motifs is 2. The summed E-state index contributed by atoms with van der Waals surface area (Å²) in [4.78, 5) is 4.83. The molecule has 2 bridgehead atoms. The molecule has 2 aromatic rings. The molecule has 38 heavy (non-hydrogen) atoms. The molecule has 2 atom stereocenters. The number of ether oxygens (including phenoxy) is 3. The molecule has 2 aromatic carbocycles. The van der Waals surface area contributed by atoms with Gasteiger partial charge in [-0.05, 0) is 61.3 Å². The fourth-order valence-corrected chi connectivity index (χ4v) is 5.93. The van der Waals surface area contributed by atoms with Crippen LogP contribution in [0.3, 0.4) is 0 Å². The summed E-state index contributed by atoms with van der Waals surface area (Å²) >= 11 is 0. The Bertz CT molecular complexity index is 1150. The summed E-state index contributed by atoms with van der Waals surface area (Å²) in [5.41, 5.74) is 1.88. The summed E-state index contributed by atoms with van der Waals surface area (Å²) in [6, 6.07) is 17.2. The smallest absolute Gasteiger partial charge is 0.211 e. The van der Waals surface area contributed by atoms with Gasteiger partial charge in [0.05, 0.1) is 37.2 Å². The molecule has 0 aliphatic carbocycles. The van der Waals surface area contributed by atoms with E-state index in [9.17, 15) is 8.42 Å². The summed E-state index contributed by atoms with van der Waals surface area (Å²) in [6.07, 6.45) is 3.68. The molecule has 9 nitrogen and oxygen atoms in total. The first-order valence-corrected chi connectivity index (χ1v) is 15.0. The normalized spacial score (nSPS) is 20.3. The molecular formula is C28H38N4O5S. The van der Waals surface area contributed by atoms with Gasteiger partial charge in [0.2, 0.25) is 10.0 Å². The van der Waals surface area contributed by atoms with E-state index in [0.29, 0.717) is 24.4 Å². The molecule has 2 aliphatic rings. The van der Waals surface area contributed by atoms with Crippen molar-refractivity contribution in [1.82, 2.24) is 14.1 Å². The number of morpholine rings is 2. The molecule has 2 saturated heterocycles. The Hall–Kier alpha value is -2.68. The van der Waals surface area contributed by atoms with Crippen LogP contribution in [0.1, 0.15) is 17.5 Å². The standard InChI is InChI=1S/C28H38N4O5S/c1-35-25-9-5-23(6-10-25)4-3-13-30-19-27-21-31(22-28(20-30)37-27)14-15-32(38(2,33)34)16-17-36-26-11-7-24(18-29)8-12-26/h5-12,27-28H,3-4,13-17,19-22H2,1-2H3. The van der Waals surface area contributed by atoms with Gasteiger partial charge in [-0.25, -0.2) is 8.42 Å². The Kier molecular flexibility index (Phi) is 9.99. The first-order valence-electron chi connectivity index (χ1n) is 13.1. The zero-order chi connectivity index (χ0) is 27.0. The summed E-state index contributed by atoms with van der Waals surface area (Å²) in [5, 5.41) is 8.90. The van der Waals surface area contributed by atoms with Crippen molar-refractivity contribution in [3.8, 4) is 17.6 Å². The molecular weight excluding hydrogens is 504 g/mol. The minimum Gasteiger partial charge on any atom is -0.497 e. The Balaban J connectivity index is 1.18. The highest BCUT2D eigenvalue weighted by Crippen LogP contribution is 2.20. The molecule has 0 aromatic heterocycles. The van der Waals surface area contributed by atoms with E-state index < -0.39 is 10.0 Å². The molecule has 4 rings (SSSR count). The van der Waals surface area contributed by atoms with Gasteiger partial charge in [-0.2, -0.15) is 9.57 Å². The summed E-state index contributed by atoms with van der Waals surface area (Å²) < 4.78 is 43.4. The van der Waals surface area contributed by atoms with Gasteiger partial charge in [0.25, 0.3) is 0 Å². The SMILES string of the molecule is COc1ccc(CCCN2CC3CN(CCN(CCOc4ccc(C#N)cc4)S(C)(=O)=O)CC(C2)O3)cc1. The van der Waals surface area contributed by atoms with Crippen molar-refractivity contribution >= 4 is 10.0 Å². The van der Waals surface area contributed by atoms with Crippen molar-refractivity contribution in [1.29, 1.82) is 5.26 Å². The highest BCUT2D eigenvalue weighted by atomic mass is 32.2. The monoisotopic (exact) mass is 542 g/mol. The van der Waals surface area contributed by atoms with Crippen molar-refractivity contribution in [3.63, 3.8) is 0 Å². The molecule has 2 heterocycles. The van der Waals surface area contributed by atoms with Crippen LogP contribution in [0.4, 0.5) is 0 Å². The first-order chi connectivity index (χ1) is 18.3. The fraction of sp³-hybridized carbons (Fsp3) is 0.536. The molecule has 0 radical (unpaired) electrons. The summed E-state index contributed by atoms with van der Waals surface area (Å²) in [7, 11) is -1.67. The van der Waals surface area contributed by atoms with Crippen molar-refractivity contribution < 1.29 is 22.6 Å². The Morgan fingerprint density at radius 2 is 1.55 bits per heavy atom. The van der Waals surface area contributed by atoms with Crippen LogP contribution in [-0.4, -0.2) is 107 Å².